The van der Waals surface area contributed by atoms with Gasteiger partial charge in [0.2, 0.25) is 0 Å². The molecule has 1 unspecified atom stereocenters. The molecule has 0 saturated heterocycles. The number of aromatic hydroxyl groups is 1. The van der Waals surface area contributed by atoms with Gasteiger partial charge in [0.05, 0.1) is 18.0 Å². The first-order valence-corrected chi connectivity index (χ1v) is 7.74. The Balaban J connectivity index is 1.69. The van der Waals surface area contributed by atoms with Gasteiger partial charge in [-0.15, -0.1) is 0 Å². The van der Waals surface area contributed by atoms with Gasteiger partial charge in [0, 0.05) is 19.8 Å². The van der Waals surface area contributed by atoms with Crippen molar-refractivity contribution in [2.45, 2.75) is 25.9 Å². The number of phenolic OH excluding ortho intramolecular Hbond substituents is 1. The van der Waals surface area contributed by atoms with Crippen LogP contribution in [-0.2, 0) is 23.2 Å². The van der Waals surface area contributed by atoms with Crippen LogP contribution in [0.4, 0.5) is 5.69 Å². The zero-order valence-corrected chi connectivity index (χ0v) is 13.4. The number of fused-ring (bicyclic) bond motifs is 1. The van der Waals surface area contributed by atoms with Crippen molar-refractivity contribution >= 4 is 11.6 Å². The lowest BCUT2D eigenvalue weighted by atomic mass is 9.91. The molecule has 1 aromatic heterocycles. The molecule has 1 atom stereocenters. The van der Waals surface area contributed by atoms with E-state index in [0.717, 1.165) is 17.7 Å². The van der Waals surface area contributed by atoms with Gasteiger partial charge in [-0.3, -0.25) is 9.48 Å². The number of aromatic nitrogens is 2. The molecule has 0 radical (unpaired) electrons. The van der Waals surface area contributed by atoms with Gasteiger partial charge < -0.3 is 14.7 Å². The van der Waals surface area contributed by atoms with Crippen LogP contribution in [0.3, 0.4) is 0 Å². The average Bonchev–Trinajstić information content (AvgIpc) is 2.94. The first kappa shape index (κ1) is 15.6. The highest BCUT2D eigenvalue weighted by molar-refractivity contribution is 5.97. The van der Waals surface area contributed by atoms with Gasteiger partial charge in [0.15, 0.2) is 0 Å². The van der Waals surface area contributed by atoms with Crippen LogP contribution >= 0.6 is 0 Å². The highest BCUT2D eigenvalue weighted by atomic mass is 16.5. The fourth-order valence-electron chi connectivity index (χ4n) is 2.94. The third-order valence-electron chi connectivity index (χ3n) is 4.33. The van der Waals surface area contributed by atoms with Crippen molar-refractivity contribution in [1.29, 1.82) is 0 Å². The molecule has 0 spiro atoms. The predicted molar refractivity (Wildman–Crippen MR) is 86.4 cm³/mol. The largest absolute Gasteiger partial charge is 0.506 e. The monoisotopic (exact) mass is 315 g/mol. The van der Waals surface area contributed by atoms with E-state index in [4.69, 9.17) is 4.74 Å². The number of phenols is 1. The van der Waals surface area contributed by atoms with Gasteiger partial charge in [-0.1, -0.05) is 19.1 Å². The van der Waals surface area contributed by atoms with E-state index in [2.05, 4.69) is 12.0 Å². The summed E-state index contributed by atoms with van der Waals surface area (Å²) in [4.78, 5) is 14.1. The van der Waals surface area contributed by atoms with E-state index < -0.39 is 0 Å². The van der Waals surface area contributed by atoms with Gasteiger partial charge in [0.1, 0.15) is 12.4 Å². The Kier molecular flexibility index (Phi) is 4.34. The lowest BCUT2D eigenvalue weighted by molar-refractivity contribution is -0.123. The number of hydrogen-bond acceptors (Lipinski definition) is 4. The first-order valence-electron chi connectivity index (χ1n) is 7.74. The molecule has 1 aromatic carbocycles. The van der Waals surface area contributed by atoms with Crippen LogP contribution in [0.5, 0.6) is 5.75 Å². The second-order valence-electron chi connectivity index (χ2n) is 5.89. The third kappa shape index (κ3) is 3.07. The third-order valence-corrected chi connectivity index (χ3v) is 4.33. The Hall–Kier alpha value is -2.34. The number of para-hydroxylation sites is 1. The van der Waals surface area contributed by atoms with E-state index in [1.54, 1.807) is 21.8 Å². The van der Waals surface area contributed by atoms with Gasteiger partial charge in [-0.05, 0) is 30.0 Å². The van der Waals surface area contributed by atoms with Crippen molar-refractivity contribution in [3.63, 3.8) is 0 Å². The number of carbonyl (C=O) groups is 1. The average molecular weight is 315 g/mol. The number of benzene rings is 1. The molecule has 6 heteroatoms. The summed E-state index contributed by atoms with van der Waals surface area (Å²) in [7, 11) is 1.83. The topological polar surface area (TPSA) is 67.6 Å². The van der Waals surface area contributed by atoms with E-state index >= 15 is 0 Å². The SMILES string of the molecule is CC1CCN(C(=O)COCc2ccnn2C)c2c(O)cccc21. The Morgan fingerprint density at radius 2 is 2.26 bits per heavy atom. The summed E-state index contributed by atoms with van der Waals surface area (Å²) in [5.41, 5.74) is 2.55. The van der Waals surface area contributed by atoms with Crippen molar-refractivity contribution < 1.29 is 14.6 Å². The maximum Gasteiger partial charge on any atom is 0.253 e. The van der Waals surface area contributed by atoms with E-state index in [1.165, 1.54) is 0 Å². The zero-order chi connectivity index (χ0) is 16.4. The number of anilines is 1. The maximum atomic E-state index is 12.5. The van der Waals surface area contributed by atoms with Crippen LogP contribution in [0.25, 0.3) is 0 Å². The summed E-state index contributed by atoms with van der Waals surface area (Å²) in [6, 6.07) is 7.26. The summed E-state index contributed by atoms with van der Waals surface area (Å²) in [5, 5.41) is 14.2. The second-order valence-corrected chi connectivity index (χ2v) is 5.89. The minimum Gasteiger partial charge on any atom is -0.506 e. The molecular formula is C17H21N3O3. The summed E-state index contributed by atoms with van der Waals surface area (Å²) >= 11 is 0. The highest BCUT2D eigenvalue weighted by Crippen LogP contribution is 2.40. The molecule has 0 fully saturated rings. The van der Waals surface area contributed by atoms with Crippen LogP contribution < -0.4 is 4.90 Å². The van der Waals surface area contributed by atoms with E-state index in [0.29, 0.717) is 24.8 Å². The van der Waals surface area contributed by atoms with Gasteiger partial charge in [-0.25, -0.2) is 0 Å². The molecule has 1 aliphatic rings. The van der Waals surface area contributed by atoms with E-state index in [-0.39, 0.29) is 18.3 Å². The molecule has 2 heterocycles. The molecule has 23 heavy (non-hydrogen) atoms. The number of amides is 1. The van der Waals surface area contributed by atoms with Crippen molar-refractivity contribution in [3.05, 3.63) is 41.7 Å². The lowest BCUT2D eigenvalue weighted by Gasteiger charge is -2.33. The molecule has 0 saturated carbocycles. The normalized spacial score (nSPS) is 17.1. The van der Waals surface area contributed by atoms with Gasteiger partial charge >= 0.3 is 0 Å². The van der Waals surface area contributed by atoms with Crippen molar-refractivity contribution in [2.24, 2.45) is 7.05 Å². The molecule has 122 valence electrons. The molecular weight excluding hydrogens is 294 g/mol. The first-order chi connectivity index (χ1) is 11.1. The Morgan fingerprint density at radius 1 is 1.43 bits per heavy atom. The van der Waals surface area contributed by atoms with Gasteiger partial charge in [-0.2, -0.15) is 5.10 Å². The maximum absolute atomic E-state index is 12.5. The number of carbonyl (C=O) groups excluding carboxylic acids is 1. The Bertz CT molecular complexity index is 711. The van der Waals surface area contributed by atoms with Crippen molar-refractivity contribution in [2.75, 3.05) is 18.1 Å². The quantitative estimate of drug-likeness (QED) is 0.939. The summed E-state index contributed by atoms with van der Waals surface area (Å²) in [6.07, 6.45) is 2.57. The fourth-order valence-corrected chi connectivity index (χ4v) is 2.94. The van der Waals surface area contributed by atoms with Crippen LogP contribution in [0, 0.1) is 0 Å². The molecule has 1 aliphatic heterocycles. The predicted octanol–water partition coefficient (Wildman–Crippen LogP) is 2.18. The van der Waals surface area contributed by atoms with Crippen LogP contribution in [0.1, 0.15) is 30.5 Å². The molecule has 0 bridgehead atoms. The summed E-state index contributed by atoms with van der Waals surface area (Å²) < 4.78 is 7.24. The lowest BCUT2D eigenvalue weighted by Crippen LogP contribution is -2.38. The summed E-state index contributed by atoms with van der Waals surface area (Å²) in [5.74, 6) is 0.340. The van der Waals surface area contributed by atoms with E-state index in [1.807, 2.05) is 25.2 Å². The minimum atomic E-state index is -0.137. The number of hydrogen-bond donors (Lipinski definition) is 1. The molecule has 1 N–H and O–H groups in total. The molecule has 1 amide bonds. The van der Waals surface area contributed by atoms with Crippen LogP contribution in [0.2, 0.25) is 0 Å². The Labute approximate surface area is 135 Å². The smallest absolute Gasteiger partial charge is 0.253 e. The fraction of sp³-hybridized carbons (Fsp3) is 0.412. The second kappa shape index (κ2) is 6.42. The standard InChI is InChI=1S/C17H21N3O3/c1-12-7-9-20(17-14(12)4-3-5-15(17)21)16(22)11-23-10-13-6-8-18-19(13)2/h3-6,8,12,21H,7,9-11H2,1-2H3. The molecule has 3 rings (SSSR count). The van der Waals surface area contributed by atoms with Crippen molar-refractivity contribution in [1.82, 2.24) is 9.78 Å². The van der Waals surface area contributed by atoms with Crippen LogP contribution in [0.15, 0.2) is 30.5 Å². The van der Waals surface area contributed by atoms with E-state index in [9.17, 15) is 9.90 Å². The summed E-state index contributed by atoms with van der Waals surface area (Å²) in [6.45, 7) is 3.02. The van der Waals surface area contributed by atoms with Crippen molar-refractivity contribution in [3.8, 4) is 5.75 Å². The number of nitrogens with zero attached hydrogens (tertiary/aromatic N) is 3. The molecule has 0 aliphatic carbocycles. The highest BCUT2D eigenvalue weighted by Gasteiger charge is 2.28. The molecule has 2 aromatic rings. The zero-order valence-electron chi connectivity index (χ0n) is 13.4. The van der Waals surface area contributed by atoms with Crippen LogP contribution in [-0.4, -0.2) is 33.9 Å². The Morgan fingerprint density at radius 3 is 3.00 bits per heavy atom. The van der Waals surface area contributed by atoms with Gasteiger partial charge in [0.25, 0.3) is 5.91 Å². The number of ether oxygens (including phenoxy) is 1. The minimum absolute atomic E-state index is 0.0205. The number of aryl methyl sites for hydroxylation is 1. The molecule has 6 nitrogen and oxygen atoms in total. The number of rotatable bonds is 4.